The summed E-state index contributed by atoms with van der Waals surface area (Å²) in [5.41, 5.74) is 1.01. The number of halogens is 1. The van der Waals surface area contributed by atoms with E-state index >= 15 is 0 Å². The maximum Gasteiger partial charge on any atom is 0.274 e. The molecule has 1 aromatic heterocycles. The van der Waals surface area contributed by atoms with Crippen LogP contribution in [-0.4, -0.2) is 29.0 Å². The molecule has 21 heavy (non-hydrogen) atoms. The highest BCUT2D eigenvalue weighted by atomic mass is 35.5. The maximum atomic E-state index is 12.2. The molecule has 0 atom stereocenters. The second-order valence-electron chi connectivity index (χ2n) is 4.39. The van der Waals surface area contributed by atoms with Crippen LogP contribution < -0.4 is 10.2 Å². The highest BCUT2D eigenvalue weighted by molar-refractivity contribution is 6.30. The summed E-state index contributed by atoms with van der Waals surface area (Å²) in [4.78, 5) is 22.5. The topological polar surface area (TPSA) is 58.1 Å². The van der Waals surface area contributed by atoms with E-state index in [4.69, 9.17) is 11.6 Å². The van der Waals surface area contributed by atoms with Crippen molar-refractivity contribution in [2.75, 3.05) is 23.3 Å². The lowest BCUT2D eigenvalue weighted by molar-refractivity contribution is 0.102. The van der Waals surface area contributed by atoms with E-state index in [0.29, 0.717) is 16.4 Å². The molecule has 2 rings (SSSR count). The summed E-state index contributed by atoms with van der Waals surface area (Å²) in [7, 11) is 0. The van der Waals surface area contributed by atoms with Crippen LogP contribution in [0.3, 0.4) is 0 Å². The van der Waals surface area contributed by atoms with Crippen molar-refractivity contribution in [3.63, 3.8) is 0 Å². The van der Waals surface area contributed by atoms with Gasteiger partial charge in [-0.05, 0) is 38.1 Å². The predicted octanol–water partition coefficient (Wildman–Crippen LogP) is 3.23. The summed E-state index contributed by atoms with van der Waals surface area (Å²) < 4.78 is 0. The molecule has 0 fully saturated rings. The first-order valence-electron chi connectivity index (χ1n) is 6.78. The average molecular weight is 305 g/mol. The fraction of sp³-hybridized carbons (Fsp3) is 0.267. The molecule has 0 aliphatic carbocycles. The number of anilines is 2. The van der Waals surface area contributed by atoms with Gasteiger partial charge in [0.2, 0.25) is 0 Å². The molecule has 110 valence electrons. The minimum absolute atomic E-state index is 0.270. The van der Waals surface area contributed by atoms with Crippen LogP contribution in [-0.2, 0) is 0 Å². The van der Waals surface area contributed by atoms with Crippen LogP contribution in [0.5, 0.6) is 0 Å². The Labute approximate surface area is 129 Å². The Bertz CT molecular complexity index is 611. The number of carbonyl (C=O) groups is 1. The van der Waals surface area contributed by atoms with E-state index in [9.17, 15) is 4.79 Å². The summed E-state index contributed by atoms with van der Waals surface area (Å²) >= 11 is 5.81. The first-order valence-corrected chi connectivity index (χ1v) is 7.15. The number of hydrogen-bond donors (Lipinski definition) is 1. The van der Waals surface area contributed by atoms with Gasteiger partial charge in [0.15, 0.2) is 0 Å². The SMILES string of the molecule is CCN(CC)c1cc(C(=O)Nc2ccc(Cl)cc2)ncn1. The standard InChI is InChI=1S/C15H17ClN4O/c1-3-20(4-2)14-9-13(17-10-18-14)15(21)19-12-7-5-11(16)6-8-12/h5-10H,3-4H2,1-2H3,(H,19,21). The number of aromatic nitrogens is 2. The smallest absolute Gasteiger partial charge is 0.274 e. The third-order valence-corrected chi connectivity index (χ3v) is 3.33. The van der Waals surface area contributed by atoms with Crippen molar-refractivity contribution in [3.8, 4) is 0 Å². The number of carbonyl (C=O) groups excluding carboxylic acids is 1. The minimum Gasteiger partial charge on any atom is -0.357 e. The van der Waals surface area contributed by atoms with Crippen molar-refractivity contribution < 1.29 is 4.79 Å². The number of benzene rings is 1. The average Bonchev–Trinajstić information content (AvgIpc) is 2.51. The quantitative estimate of drug-likeness (QED) is 0.921. The van der Waals surface area contributed by atoms with Gasteiger partial charge in [0.1, 0.15) is 17.8 Å². The van der Waals surface area contributed by atoms with Gasteiger partial charge in [0.25, 0.3) is 5.91 Å². The third-order valence-electron chi connectivity index (χ3n) is 3.07. The Hall–Kier alpha value is -2.14. The molecule has 0 saturated heterocycles. The number of amides is 1. The molecule has 1 N–H and O–H groups in total. The van der Waals surface area contributed by atoms with Crippen molar-refractivity contribution in [3.05, 3.63) is 47.4 Å². The lowest BCUT2D eigenvalue weighted by Crippen LogP contribution is -2.24. The van der Waals surface area contributed by atoms with Gasteiger partial charge < -0.3 is 10.2 Å². The zero-order valence-electron chi connectivity index (χ0n) is 12.0. The van der Waals surface area contributed by atoms with Crippen LogP contribution in [0.4, 0.5) is 11.5 Å². The van der Waals surface area contributed by atoms with Gasteiger partial charge in [-0.3, -0.25) is 4.79 Å². The first-order chi connectivity index (χ1) is 10.1. The van der Waals surface area contributed by atoms with E-state index in [1.165, 1.54) is 6.33 Å². The van der Waals surface area contributed by atoms with E-state index in [1.807, 2.05) is 13.8 Å². The Balaban J connectivity index is 2.15. The molecule has 0 aliphatic heterocycles. The molecule has 5 nitrogen and oxygen atoms in total. The monoisotopic (exact) mass is 304 g/mol. The van der Waals surface area contributed by atoms with Gasteiger partial charge in [-0.1, -0.05) is 11.6 Å². The van der Waals surface area contributed by atoms with Crippen LogP contribution in [0.2, 0.25) is 5.02 Å². The van der Waals surface area contributed by atoms with Gasteiger partial charge in [0, 0.05) is 29.9 Å². The van der Waals surface area contributed by atoms with Crippen LogP contribution >= 0.6 is 11.6 Å². The normalized spacial score (nSPS) is 10.2. The molecule has 0 spiro atoms. The second kappa shape index (κ2) is 7.04. The summed E-state index contributed by atoms with van der Waals surface area (Å²) in [6, 6.07) is 8.62. The van der Waals surface area contributed by atoms with Crippen molar-refractivity contribution in [2.24, 2.45) is 0 Å². The highest BCUT2D eigenvalue weighted by Crippen LogP contribution is 2.15. The molecule has 0 radical (unpaired) electrons. The lowest BCUT2D eigenvalue weighted by atomic mass is 10.3. The van der Waals surface area contributed by atoms with Crippen LogP contribution in [0.1, 0.15) is 24.3 Å². The molecular weight excluding hydrogens is 288 g/mol. The summed E-state index contributed by atoms with van der Waals surface area (Å²) in [6.07, 6.45) is 1.41. The van der Waals surface area contributed by atoms with Crippen molar-refractivity contribution in [1.82, 2.24) is 9.97 Å². The largest absolute Gasteiger partial charge is 0.357 e. The van der Waals surface area contributed by atoms with E-state index in [-0.39, 0.29) is 5.91 Å². The van der Waals surface area contributed by atoms with E-state index < -0.39 is 0 Å². The van der Waals surface area contributed by atoms with Gasteiger partial charge in [0.05, 0.1) is 0 Å². The summed E-state index contributed by atoms with van der Waals surface area (Å²) in [6.45, 7) is 5.73. The molecule has 6 heteroatoms. The third kappa shape index (κ3) is 3.92. The van der Waals surface area contributed by atoms with Crippen LogP contribution in [0.25, 0.3) is 0 Å². The van der Waals surface area contributed by atoms with E-state index in [1.54, 1.807) is 30.3 Å². The van der Waals surface area contributed by atoms with Crippen molar-refractivity contribution in [1.29, 1.82) is 0 Å². The predicted molar refractivity (Wildman–Crippen MR) is 85.0 cm³/mol. The van der Waals surface area contributed by atoms with Gasteiger partial charge >= 0.3 is 0 Å². The van der Waals surface area contributed by atoms with E-state index in [0.717, 1.165) is 18.9 Å². The molecule has 1 heterocycles. The molecule has 0 bridgehead atoms. The fourth-order valence-electron chi connectivity index (χ4n) is 1.92. The minimum atomic E-state index is -0.270. The molecule has 2 aromatic rings. The zero-order chi connectivity index (χ0) is 15.2. The Kier molecular flexibility index (Phi) is 5.11. The number of nitrogens with one attached hydrogen (secondary N) is 1. The van der Waals surface area contributed by atoms with Gasteiger partial charge in [-0.25, -0.2) is 9.97 Å². The molecular formula is C15H17ClN4O. The maximum absolute atomic E-state index is 12.2. The Morgan fingerprint density at radius 2 is 1.86 bits per heavy atom. The van der Waals surface area contributed by atoms with Crippen molar-refractivity contribution >= 4 is 29.0 Å². The van der Waals surface area contributed by atoms with Crippen LogP contribution in [0, 0.1) is 0 Å². The van der Waals surface area contributed by atoms with Gasteiger partial charge in [-0.2, -0.15) is 0 Å². The second-order valence-corrected chi connectivity index (χ2v) is 4.83. The highest BCUT2D eigenvalue weighted by Gasteiger charge is 2.11. The number of hydrogen-bond acceptors (Lipinski definition) is 4. The van der Waals surface area contributed by atoms with Crippen LogP contribution in [0.15, 0.2) is 36.7 Å². The van der Waals surface area contributed by atoms with Gasteiger partial charge in [-0.15, -0.1) is 0 Å². The summed E-state index contributed by atoms with van der Waals surface area (Å²) in [5.74, 6) is 0.476. The lowest BCUT2D eigenvalue weighted by Gasteiger charge is -2.19. The molecule has 0 aliphatic rings. The molecule has 1 amide bonds. The molecule has 0 unspecified atom stereocenters. The fourth-order valence-corrected chi connectivity index (χ4v) is 2.05. The molecule has 1 aromatic carbocycles. The Morgan fingerprint density at radius 3 is 2.48 bits per heavy atom. The zero-order valence-corrected chi connectivity index (χ0v) is 12.8. The number of nitrogens with zero attached hydrogens (tertiary/aromatic N) is 3. The van der Waals surface area contributed by atoms with Crippen molar-refractivity contribution in [2.45, 2.75) is 13.8 Å². The summed E-state index contributed by atoms with van der Waals surface area (Å²) in [5, 5.41) is 3.41. The first kappa shape index (κ1) is 15.3. The molecule has 0 saturated carbocycles. The number of rotatable bonds is 5. The Morgan fingerprint density at radius 1 is 1.19 bits per heavy atom. The van der Waals surface area contributed by atoms with E-state index in [2.05, 4.69) is 20.2 Å².